The molecule has 0 saturated carbocycles. The maximum atomic E-state index is 12.2. The third-order valence-electron chi connectivity index (χ3n) is 2.31. The summed E-state index contributed by atoms with van der Waals surface area (Å²) < 4.78 is 36.5. The van der Waals surface area contributed by atoms with E-state index in [1.165, 1.54) is 24.3 Å². The van der Waals surface area contributed by atoms with Crippen LogP contribution in [0.25, 0.3) is 0 Å². The average molecular weight is 247 g/mol. The second-order valence-electron chi connectivity index (χ2n) is 3.63. The van der Waals surface area contributed by atoms with Gasteiger partial charge in [0.25, 0.3) is 0 Å². The highest BCUT2D eigenvalue weighted by molar-refractivity contribution is 5.96. The van der Waals surface area contributed by atoms with E-state index in [1.54, 1.807) is 6.92 Å². The van der Waals surface area contributed by atoms with Crippen LogP contribution in [0.15, 0.2) is 24.3 Å². The van der Waals surface area contributed by atoms with E-state index in [1.807, 2.05) is 0 Å². The van der Waals surface area contributed by atoms with E-state index >= 15 is 0 Å². The van der Waals surface area contributed by atoms with Crippen LogP contribution in [0.2, 0.25) is 0 Å². The molecule has 0 saturated heterocycles. The molecule has 94 valence electrons. The minimum absolute atomic E-state index is 0.122. The molecule has 0 aliphatic heterocycles. The molecule has 0 spiro atoms. The van der Waals surface area contributed by atoms with Crippen molar-refractivity contribution in [1.29, 1.82) is 0 Å². The standard InChI is InChI=1S/C11H12F3NO2/c1-7(16)8-3-5-9(6-4-8)15(2)10(17)11(12,13)14/h3-7,16H,1-2H3/t7-/m0/s1. The Morgan fingerprint density at radius 3 is 2.12 bits per heavy atom. The molecule has 1 aromatic carbocycles. The molecule has 1 aromatic rings. The maximum absolute atomic E-state index is 12.2. The smallest absolute Gasteiger partial charge is 0.389 e. The molecule has 1 rings (SSSR count). The van der Waals surface area contributed by atoms with Crippen LogP contribution >= 0.6 is 0 Å². The number of benzene rings is 1. The number of hydrogen-bond donors (Lipinski definition) is 1. The number of rotatable bonds is 2. The largest absolute Gasteiger partial charge is 0.471 e. The van der Waals surface area contributed by atoms with E-state index in [2.05, 4.69) is 0 Å². The van der Waals surface area contributed by atoms with Gasteiger partial charge in [-0.3, -0.25) is 4.79 Å². The lowest BCUT2D eigenvalue weighted by atomic mass is 10.1. The number of halogens is 3. The fourth-order valence-corrected chi connectivity index (χ4v) is 1.28. The van der Waals surface area contributed by atoms with E-state index in [4.69, 9.17) is 0 Å². The quantitative estimate of drug-likeness (QED) is 0.870. The van der Waals surface area contributed by atoms with Crippen LogP contribution in [-0.2, 0) is 4.79 Å². The summed E-state index contributed by atoms with van der Waals surface area (Å²) in [6.45, 7) is 1.54. The van der Waals surface area contributed by atoms with Crippen LogP contribution < -0.4 is 4.90 Å². The minimum Gasteiger partial charge on any atom is -0.389 e. The molecule has 6 heteroatoms. The second kappa shape index (κ2) is 4.75. The van der Waals surface area contributed by atoms with Gasteiger partial charge in [0.05, 0.1) is 6.10 Å². The number of alkyl halides is 3. The molecule has 1 atom stereocenters. The number of amides is 1. The maximum Gasteiger partial charge on any atom is 0.471 e. The third kappa shape index (κ3) is 3.20. The summed E-state index contributed by atoms with van der Waals surface area (Å²) in [5.41, 5.74) is 0.693. The van der Waals surface area contributed by atoms with Gasteiger partial charge < -0.3 is 10.0 Å². The number of nitrogens with zero attached hydrogens (tertiary/aromatic N) is 1. The van der Waals surface area contributed by atoms with Crippen molar-refractivity contribution >= 4 is 11.6 Å². The van der Waals surface area contributed by atoms with E-state index in [-0.39, 0.29) is 5.69 Å². The molecule has 0 radical (unpaired) electrons. The molecule has 0 aliphatic carbocycles. The van der Waals surface area contributed by atoms with Crippen LogP contribution in [0.1, 0.15) is 18.6 Å². The molecule has 0 aromatic heterocycles. The molecule has 0 bridgehead atoms. The first-order chi connectivity index (χ1) is 7.73. The highest BCUT2D eigenvalue weighted by Gasteiger charge is 2.41. The van der Waals surface area contributed by atoms with Gasteiger partial charge in [-0.05, 0) is 24.6 Å². The van der Waals surface area contributed by atoms with E-state index in [9.17, 15) is 23.1 Å². The summed E-state index contributed by atoms with van der Waals surface area (Å²) in [4.78, 5) is 11.5. The number of carbonyl (C=O) groups excluding carboxylic acids is 1. The van der Waals surface area contributed by atoms with Gasteiger partial charge in [0.15, 0.2) is 0 Å². The topological polar surface area (TPSA) is 40.5 Å². The Labute approximate surface area is 96.5 Å². The summed E-state index contributed by atoms with van der Waals surface area (Å²) in [6, 6.07) is 5.65. The molecule has 17 heavy (non-hydrogen) atoms. The number of hydrogen-bond acceptors (Lipinski definition) is 2. The van der Waals surface area contributed by atoms with E-state index < -0.39 is 18.2 Å². The zero-order chi connectivity index (χ0) is 13.2. The second-order valence-corrected chi connectivity index (χ2v) is 3.63. The van der Waals surface area contributed by atoms with Crippen LogP contribution in [0, 0.1) is 0 Å². The Hall–Kier alpha value is -1.56. The molecule has 0 heterocycles. The van der Waals surface area contributed by atoms with Gasteiger partial charge in [0.1, 0.15) is 0 Å². The predicted molar refractivity (Wildman–Crippen MR) is 56.5 cm³/mol. The van der Waals surface area contributed by atoms with Gasteiger partial charge in [-0.25, -0.2) is 0 Å². The zero-order valence-electron chi connectivity index (χ0n) is 9.32. The summed E-state index contributed by atoms with van der Waals surface area (Å²) >= 11 is 0. The molecular formula is C11H12F3NO2. The summed E-state index contributed by atoms with van der Waals surface area (Å²) in [5.74, 6) is -1.93. The Morgan fingerprint density at radius 1 is 1.29 bits per heavy atom. The normalized spacial score (nSPS) is 13.3. The van der Waals surface area contributed by atoms with Crippen molar-refractivity contribution in [3.63, 3.8) is 0 Å². The predicted octanol–water partition coefficient (Wildman–Crippen LogP) is 2.27. The van der Waals surface area contributed by atoms with Crippen LogP contribution in [0.4, 0.5) is 18.9 Å². The average Bonchev–Trinajstić information content (AvgIpc) is 2.26. The zero-order valence-corrected chi connectivity index (χ0v) is 9.32. The first kappa shape index (κ1) is 13.5. The number of carbonyl (C=O) groups is 1. The van der Waals surface area contributed by atoms with Crippen molar-refractivity contribution in [2.24, 2.45) is 0 Å². The first-order valence-electron chi connectivity index (χ1n) is 4.86. The van der Waals surface area contributed by atoms with Gasteiger partial charge in [-0.15, -0.1) is 0 Å². The molecule has 1 amide bonds. The van der Waals surface area contributed by atoms with E-state index in [0.29, 0.717) is 10.5 Å². The number of anilines is 1. The Bertz CT molecular complexity index is 398. The summed E-state index contributed by atoms with van der Waals surface area (Å²) in [5, 5.41) is 9.23. The number of aliphatic hydroxyl groups excluding tert-OH is 1. The highest BCUT2D eigenvalue weighted by atomic mass is 19.4. The molecular weight excluding hydrogens is 235 g/mol. The number of aliphatic hydroxyl groups is 1. The van der Waals surface area contributed by atoms with Crippen LogP contribution in [0.5, 0.6) is 0 Å². The van der Waals surface area contributed by atoms with Crippen LogP contribution in [0.3, 0.4) is 0 Å². The monoisotopic (exact) mass is 247 g/mol. The van der Waals surface area contributed by atoms with Crippen LogP contribution in [-0.4, -0.2) is 24.2 Å². The summed E-state index contributed by atoms with van der Waals surface area (Å²) in [7, 11) is 1.05. The lowest BCUT2D eigenvalue weighted by Gasteiger charge is -2.19. The lowest BCUT2D eigenvalue weighted by Crippen LogP contribution is -2.38. The Kier molecular flexibility index (Phi) is 3.77. The van der Waals surface area contributed by atoms with Crippen molar-refractivity contribution in [2.75, 3.05) is 11.9 Å². The summed E-state index contributed by atoms with van der Waals surface area (Å²) in [6.07, 6.45) is -5.59. The SMILES string of the molecule is C[C@H](O)c1ccc(N(C)C(=O)C(F)(F)F)cc1. The fourth-order valence-electron chi connectivity index (χ4n) is 1.28. The van der Waals surface area contributed by atoms with Crippen molar-refractivity contribution in [1.82, 2.24) is 0 Å². The molecule has 0 fully saturated rings. The molecule has 1 N–H and O–H groups in total. The minimum atomic E-state index is -4.89. The molecule has 3 nitrogen and oxygen atoms in total. The van der Waals surface area contributed by atoms with E-state index in [0.717, 1.165) is 7.05 Å². The Balaban J connectivity index is 2.91. The van der Waals surface area contributed by atoms with Gasteiger partial charge in [-0.2, -0.15) is 13.2 Å². The molecule has 0 unspecified atom stereocenters. The fraction of sp³-hybridized carbons (Fsp3) is 0.364. The van der Waals surface area contributed by atoms with Crippen molar-refractivity contribution in [3.05, 3.63) is 29.8 Å². The Morgan fingerprint density at radius 2 is 1.76 bits per heavy atom. The highest BCUT2D eigenvalue weighted by Crippen LogP contribution is 2.23. The van der Waals surface area contributed by atoms with Gasteiger partial charge in [0.2, 0.25) is 0 Å². The first-order valence-corrected chi connectivity index (χ1v) is 4.86. The van der Waals surface area contributed by atoms with Gasteiger partial charge in [-0.1, -0.05) is 12.1 Å². The van der Waals surface area contributed by atoms with Gasteiger partial charge in [0, 0.05) is 12.7 Å². The van der Waals surface area contributed by atoms with Crippen molar-refractivity contribution < 1.29 is 23.1 Å². The van der Waals surface area contributed by atoms with Crippen molar-refractivity contribution in [2.45, 2.75) is 19.2 Å². The molecule has 0 aliphatic rings. The van der Waals surface area contributed by atoms with Crippen molar-refractivity contribution in [3.8, 4) is 0 Å². The third-order valence-corrected chi connectivity index (χ3v) is 2.31. The van der Waals surface area contributed by atoms with Gasteiger partial charge >= 0.3 is 12.1 Å². The lowest BCUT2D eigenvalue weighted by molar-refractivity contribution is -0.170.